The Balaban J connectivity index is 1.64. The Hall–Kier alpha value is -2.00. The smallest absolute Gasteiger partial charge is 0.334 e. The van der Waals surface area contributed by atoms with E-state index >= 15 is 0 Å². The summed E-state index contributed by atoms with van der Waals surface area (Å²) in [5.41, 5.74) is 0.713. The normalized spacial score (nSPS) is 14.4. The zero-order valence-corrected chi connectivity index (χ0v) is 14.2. The largest absolute Gasteiger partial charge is 0.451 e. The molecule has 0 unspecified atom stereocenters. The van der Waals surface area contributed by atoms with Crippen molar-refractivity contribution in [2.45, 2.75) is 25.8 Å². The van der Waals surface area contributed by atoms with Crippen molar-refractivity contribution in [1.29, 1.82) is 0 Å². The van der Waals surface area contributed by atoms with Crippen LogP contribution in [-0.2, 0) is 25.8 Å². The highest BCUT2D eigenvalue weighted by Crippen LogP contribution is 2.29. The van der Waals surface area contributed by atoms with E-state index in [1.807, 2.05) is 0 Å². The van der Waals surface area contributed by atoms with E-state index in [1.165, 1.54) is 4.90 Å². The number of nitrogens with one attached hydrogen (secondary N) is 1. The number of carbonyl (C=O) groups is 1. The van der Waals surface area contributed by atoms with Gasteiger partial charge in [0.2, 0.25) is 5.82 Å². The van der Waals surface area contributed by atoms with Crippen LogP contribution in [0.3, 0.4) is 0 Å². The van der Waals surface area contributed by atoms with Gasteiger partial charge >= 0.3 is 12.2 Å². The molecule has 1 aliphatic heterocycles. The molecule has 1 N–H and O–H groups in total. The molecule has 1 aromatic heterocycles. The van der Waals surface area contributed by atoms with Crippen LogP contribution in [0.2, 0.25) is 10.0 Å². The predicted molar refractivity (Wildman–Crippen MR) is 84.1 cm³/mol. The van der Waals surface area contributed by atoms with Crippen molar-refractivity contribution in [2.24, 2.45) is 0 Å². The third-order valence-corrected chi connectivity index (χ3v) is 4.10. The van der Waals surface area contributed by atoms with Crippen molar-refractivity contribution in [1.82, 2.24) is 25.0 Å². The van der Waals surface area contributed by atoms with Crippen LogP contribution in [0.15, 0.2) is 18.2 Å². The highest BCUT2D eigenvalue weighted by Gasteiger charge is 2.39. The lowest BCUT2D eigenvalue weighted by Crippen LogP contribution is -2.44. The molecule has 0 saturated carbocycles. The van der Waals surface area contributed by atoms with Crippen molar-refractivity contribution in [3.8, 4) is 0 Å². The molecule has 0 spiro atoms. The number of halogens is 5. The molecule has 11 heteroatoms. The molecule has 0 bridgehead atoms. The lowest BCUT2D eigenvalue weighted by atomic mass is 10.2. The highest BCUT2D eigenvalue weighted by atomic mass is 35.5. The van der Waals surface area contributed by atoms with Gasteiger partial charge in [0, 0.05) is 29.7 Å². The summed E-state index contributed by atoms with van der Waals surface area (Å²) in [5.74, 6) is -0.948. The minimum Gasteiger partial charge on any atom is -0.334 e. The Kier molecular flexibility index (Phi) is 4.79. The number of nitrogens with zero attached hydrogens (tertiary/aromatic N) is 4. The van der Waals surface area contributed by atoms with Crippen LogP contribution < -0.4 is 5.32 Å². The molecule has 2 aromatic rings. The topological polar surface area (TPSA) is 63.1 Å². The minimum atomic E-state index is -4.57. The van der Waals surface area contributed by atoms with Crippen LogP contribution in [-0.4, -0.2) is 32.2 Å². The van der Waals surface area contributed by atoms with E-state index in [2.05, 4.69) is 15.5 Å². The molecule has 3 rings (SSSR count). The number of alkyl halides is 3. The molecule has 0 radical (unpaired) electrons. The number of urea groups is 1. The number of amides is 2. The van der Waals surface area contributed by atoms with E-state index in [9.17, 15) is 18.0 Å². The molecule has 2 heterocycles. The second-order valence-electron chi connectivity index (χ2n) is 5.45. The van der Waals surface area contributed by atoms with Gasteiger partial charge in [-0.3, -0.25) is 0 Å². The summed E-state index contributed by atoms with van der Waals surface area (Å²) >= 11 is 11.8. The van der Waals surface area contributed by atoms with E-state index in [4.69, 9.17) is 23.2 Å². The lowest BCUT2D eigenvalue weighted by Gasteiger charge is -2.28. The average molecular weight is 394 g/mol. The maximum atomic E-state index is 12.8. The Labute approximate surface area is 150 Å². The first-order valence-corrected chi connectivity index (χ1v) is 7.96. The monoisotopic (exact) mass is 393 g/mol. The summed E-state index contributed by atoms with van der Waals surface area (Å²) in [6.45, 7) is 0.241. The van der Waals surface area contributed by atoms with Gasteiger partial charge in [-0.05, 0) is 23.8 Å². The van der Waals surface area contributed by atoms with Crippen molar-refractivity contribution in [3.05, 3.63) is 45.5 Å². The highest BCUT2D eigenvalue weighted by molar-refractivity contribution is 6.34. The Morgan fingerprint density at radius 3 is 2.48 bits per heavy atom. The zero-order chi connectivity index (χ0) is 18.2. The van der Waals surface area contributed by atoms with Gasteiger partial charge in [-0.15, -0.1) is 10.2 Å². The SMILES string of the molecule is O=C(NCc1cc(Cl)cc(Cl)c1)N1CCn2c(nnc2C(F)(F)F)C1. The van der Waals surface area contributed by atoms with Gasteiger partial charge in [0.25, 0.3) is 0 Å². The lowest BCUT2D eigenvalue weighted by molar-refractivity contribution is -0.147. The molecular weight excluding hydrogens is 382 g/mol. The van der Waals surface area contributed by atoms with Crippen LogP contribution in [0.4, 0.5) is 18.0 Å². The van der Waals surface area contributed by atoms with Gasteiger partial charge in [0.15, 0.2) is 5.82 Å². The second-order valence-corrected chi connectivity index (χ2v) is 6.32. The maximum Gasteiger partial charge on any atom is 0.451 e. The molecular formula is C14H12Cl2F3N5O. The van der Waals surface area contributed by atoms with E-state index in [0.29, 0.717) is 15.6 Å². The van der Waals surface area contributed by atoms with Gasteiger partial charge in [-0.1, -0.05) is 23.2 Å². The van der Waals surface area contributed by atoms with E-state index in [1.54, 1.807) is 18.2 Å². The first kappa shape index (κ1) is 17.8. The molecule has 6 nitrogen and oxygen atoms in total. The van der Waals surface area contributed by atoms with E-state index in [-0.39, 0.29) is 32.0 Å². The molecule has 0 fully saturated rings. The van der Waals surface area contributed by atoms with Gasteiger partial charge in [0.1, 0.15) is 0 Å². The van der Waals surface area contributed by atoms with Crippen molar-refractivity contribution in [2.75, 3.05) is 6.54 Å². The fourth-order valence-electron chi connectivity index (χ4n) is 2.54. The van der Waals surface area contributed by atoms with Crippen LogP contribution in [0.25, 0.3) is 0 Å². The third kappa shape index (κ3) is 3.98. The quantitative estimate of drug-likeness (QED) is 0.850. The van der Waals surface area contributed by atoms with Crippen molar-refractivity contribution in [3.63, 3.8) is 0 Å². The minimum absolute atomic E-state index is 0.0202. The number of hydrogen-bond donors (Lipinski definition) is 1. The second kappa shape index (κ2) is 6.72. The Morgan fingerprint density at radius 1 is 1.16 bits per heavy atom. The molecule has 2 amide bonds. The summed E-state index contributed by atoms with van der Waals surface area (Å²) in [6.07, 6.45) is -4.57. The fourth-order valence-corrected chi connectivity index (χ4v) is 3.11. The first-order valence-electron chi connectivity index (χ1n) is 7.21. The molecule has 1 aromatic carbocycles. The van der Waals surface area contributed by atoms with Crippen molar-refractivity contribution < 1.29 is 18.0 Å². The Bertz CT molecular complexity index is 788. The standard InChI is InChI=1S/C14H12Cl2F3N5O/c15-9-3-8(4-10(16)5-9)6-20-13(25)23-1-2-24-11(7-23)21-22-12(24)14(17,18)19/h3-5H,1-2,6-7H2,(H,20,25). The van der Waals surface area contributed by atoms with Gasteiger partial charge in [0.05, 0.1) is 6.54 Å². The number of carbonyl (C=O) groups excluding carboxylic acids is 1. The summed E-state index contributed by atoms with van der Waals surface area (Å²) < 4.78 is 39.4. The number of benzene rings is 1. The van der Waals surface area contributed by atoms with E-state index < -0.39 is 18.0 Å². The van der Waals surface area contributed by atoms with Gasteiger partial charge in [-0.2, -0.15) is 13.2 Å². The summed E-state index contributed by atoms with van der Waals surface area (Å²) in [7, 11) is 0. The zero-order valence-electron chi connectivity index (χ0n) is 12.6. The van der Waals surface area contributed by atoms with Gasteiger partial charge < -0.3 is 14.8 Å². The van der Waals surface area contributed by atoms with Crippen LogP contribution in [0.1, 0.15) is 17.2 Å². The van der Waals surface area contributed by atoms with Crippen molar-refractivity contribution >= 4 is 29.2 Å². The molecule has 0 atom stereocenters. The number of hydrogen-bond acceptors (Lipinski definition) is 3. The van der Waals surface area contributed by atoms with Crippen LogP contribution in [0.5, 0.6) is 0 Å². The number of fused-ring (bicyclic) bond motifs is 1. The van der Waals surface area contributed by atoms with E-state index in [0.717, 1.165) is 4.57 Å². The summed E-state index contributed by atoms with van der Waals surface area (Å²) in [6, 6.07) is 4.48. The maximum absolute atomic E-state index is 12.8. The fraction of sp³-hybridized carbons (Fsp3) is 0.357. The molecule has 134 valence electrons. The average Bonchev–Trinajstić information content (AvgIpc) is 2.94. The molecule has 0 aliphatic carbocycles. The summed E-state index contributed by atoms with van der Waals surface area (Å²) in [5, 5.41) is 10.3. The number of rotatable bonds is 2. The molecule has 0 saturated heterocycles. The van der Waals surface area contributed by atoms with Crippen LogP contribution in [0, 0.1) is 0 Å². The third-order valence-electron chi connectivity index (χ3n) is 3.66. The van der Waals surface area contributed by atoms with Crippen LogP contribution >= 0.6 is 23.2 Å². The number of aromatic nitrogens is 3. The first-order chi connectivity index (χ1) is 11.7. The Morgan fingerprint density at radius 2 is 1.84 bits per heavy atom. The predicted octanol–water partition coefficient (Wildman–Crippen LogP) is 3.33. The molecule has 1 aliphatic rings. The van der Waals surface area contributed by atoms with Gasteiger partial charge in [-0.25, -0.2) is 4.79 Å². The molecule has 25 heavy (non-hydrogen) atoms. The summed E-state index contributed by atoms with van der Waals surface area (Å²) in [4.78, 5) is 13.6.